The second-order valence-electron chi connectivity index (χ2n) is 6.52. The van der Waals surface area contributed by atoms with E-state index in [1.165, 1.54) is 26.4 Å². The maximum atomic E-state index is 13.9. The van der Waals surface area contributed by atoms with Crippen molar-refractivity contribution in [3.8, 4) is 11.5 Å². The first-order chi connectivity index (χ1) is 14.8. The van der Waals surface area contributed by atoms with Crippen molar-refractivity contribution < 1.29 is 23.5 Å². The van der Waals surface area contributed by atoms with E-state index >= 15 is 0 Å². The third-order valence-electron chi connectivity index (χ3n) is 4.56. The molecule has 1 atom stereocenters. The SMILES string of the molecule is COc1ccc(/C(C)=N\N=C(N)S[C@H]2CC(=O)N(c3ccccc3OC)C2=O)cc1F. The number of thioether (sulfide) groups is 1. The third-order valence-corrected chi connectivity index (χ3v) is 5.54. The molecule has 2 aromatic carbocycles. The topological polar surface area (TPSA) is 107 Å². The highest BCUT2D eigenvalue weighted by molar-refractivity contribution is 8.14. The van der Waals surface area contributed by atoms with Gasteiger partial charge in [-0.1, -0.05) is 23.9 Å². The Hall–Kier alpha value is -3.40. The number of hydrogen-bond acceptors (Lipinski definition) is 7. The molecule has 162 valence electrons. The number of ether oxygens (including phenoxy) is 2. The summed E-state index contributed by atoms with van der Waals surface area (Å²) in [6.45, 7) is 1.65. The fraction of sp³-hybridized carbons (Fsp3) is 0.238. The number of halogens is 1. The van der Waals surface area contributed by atoms with Gasteiger partial charge in [0.25, 0.3) is 0 Å². The summed E-state index contributed by atoms with van der Waals surface area (Å²) in [4.78, 5) is 26.4. The van der Waals surface area contributed by atoms with E-state index in [0.717, 1.165) is 16.7 Å². The van der Waals surface area contributed by atoms with Gasteiger partial charge in [0.05, 0.1) is 25.6 Å². The summed E-state index contributed by atoms with van der Waals surface area (Å²) in [5, 5.41) is 7.20. The molecule has 0 spiro atoms. The molecule has 2 N–H and O–H groups in total. The van der Waals surface area contributed by atoms with Crippen molar-refractivity contribution in [2.45, 2.75) is 18.6 Å². The van der Waals surface area contributed by atoms with E-state index in [2.05, 4.69) is 10.2 Å². The van der Waals surface area contributed by atoms with Crippen LogP contribution in [0.15, 0.2) is 52.7 Å². The molecule has 0 aromatic heterocycles. The monoisotopic (exact) mass is 444 g/mol. The Bertz CT molecular complexity index is 1070. The zero-order valence-corrected chi connectivity index (χ0v) is 18.0. The van der Waals surface area contributed by atoms with Gasteiger partial charge in [0.2, 0.25) is 11.8 Å². The van der Waals surface area contributed by atoms with Crippen molar-refractivity contribution >= 4 is 40.1 Å². The third kappa shape index (κ3) is 4.85. The number of carbonyl (C=O) groups is 2. The summed E-state index contributed by atoms with van der Waals surface area (Å²) in [5.41, 5.74) is 7.23. The lowest BCUT2D eigenvalue weighted by molar-refractivity contribution is -0.121. The zero-order chi connectivity index (χ0) is 22.5. The van der Waals surface area contributed by atoms with Gasteiger partial charge in [-0.3, -0.25) is 9.59 Å². The van der Waals surface area contributed by atoms with Crippen LogP contribution in [0.4, 0.5) is 10.1 Å². The lowest BCUT2D eigenvalue weighted by Gasteiger charge is -2.17. The molecule has 0 unspecified atom stereocenters. The standard InChI is InChI=1S/C21H21FN4O4S/c1-12(13-8-9-16(29-2)14(22)10-13)24-25-21(23)31-18-11-19(27)26(20(18)28)15-6-4-5-7-17(15)30-3/h4-10,18H,11H2,1-3H3,(H2,23,25)/b24-12-/t18-/m0/s1. The van der Waals surface area contributed by atoms with Gasteiger partial charge in [-0.05, 0) is 37.3 Å². The van der Waals surface area contributed by atoms with E-state index in [1.54, 1.807) is 37.3 Å². The minimum absolute atomic E-state index is 0.0151. The van der Waals surface area contributed by atoms with Crippen LogP contribution in [0.5, 0.6) is 11.5 Å². The predicted octanol–water partition coefficient (Wildman–Crippen LogP) is 2.95. The smallest absolute Gasteiger partial charge is 0.248 e. The maximum absolute atomic E-state index is 13.9. The highest BCUT2D eigenvalue weighted by atomic mass is 32.2. The van der Waals surface area contributed by atoms with Crippen molar-refractivity contribution in [3.63, 3.8) is 0 Å². The zero-order valence-electron chi connectivity index (χ0n) is 17.2. The predicted molar refractivity (Wildman–Crippen MR) is 118 cm³/mol. The molecule has 1 heterocycles. The number of imide groups is 1. The molecule has 0 radical (unpaired) electrons. The van der Waals surface area contributed by atoms with E-state index in [4.69, 9.17) is 15.2 Å². The van der Waals surface area contributed by atoms with Crippen LogP contribution in [0.3, 0.4) is 0 Å². The largest absolute Gasteiger partial charge is 0.495 e. The lowest BCUT2D eigenvalue weighted by atomic mass is 10.1. The summed E-state index contributed by atoms with van der Waals surface area (Å²) in [6.07, 6.45) is -0.0237. The van der Waals surface area contributed by atoms with Crippen molar-refractivity contribution in [2.24, 2.45) is 15.9 Å². The number of para-hydroxylation sites is 2. The van der Waals surface area contributed by atoms with E-state index in [9.17, 15) is 14.0 Å². The molecule has 1 aliphatic rings. The molecule has 2 aromatic rings. The number of rotatable bonds is 6. The molecule has 1 fully saturated rings. The quantitative estimate of drug-likeness (QED) is 0.318. The van der Waals surface area contributed by atoms with Crippen LogP contribution in [-0.2, 0) is 9.59 Å². The average molecular weight is 444 g/mol. The highest BCUT2D eigenvalue weighted by Gasteiger charge is 2.41. The number of nitrogens with two attached hydrogens (primary N) is 1. The van der Waals surface area contributed by atoms with Gasteiger partial charge < -0.3 is 15.2 Å². The average Bonchev–Trinajstić information content (AvgIpc) is 3.04. The Labute approximate surface area is 182 Å². The summed E-state index contributed by atoms with van der Waals surface area (Å²) < 4.78 is 24.0. The van der Waals surface area contributed by atoms with Crippen LogP contribution >= 0.6 is 11.8 Å². The van der Waals surface area contributed by atoms with Crippen LogP contribution in [0, 0.1) is 5.82 Å². The van der Waals surface area contributed by atoms with E-state index < -0.39 is 17.0 Å². The van der Waals surface area contributed by atoms with Crippen LogP contribution in [0.2, 0.25) is 0 Å². The van der Waals surface area contributed by atoms with Crippen molar-refractivity contribution in [3.05, 3.63) is 53.8 Å². The Morgan fingerprint density at radius 1 is 1.13 bits per heavy atom. The number of hydrogen-bond donors (Lipinski definition) is 1. The van der Waals surface area contributed by atoms with Crippen LogP contribution in [0.1, 0.15) is 18.9 Å². The summed E-state index contributed by atoms with van der Waals surface area (Å²) in [7, 11) is 2.85. The molecule has 3 rings (SSSR count). The molecule has 31 heavy (non-hydrogen) atoms. The highest BCUT2D eigenvalue weighted by Crippen LogP contribution is 2.35. The maximum Gasteiger partial charge on any atom is 0.248 e. The molecule has 0 bridgehead atoms. The second-order valence-corrected chi connectivity index (χ2v) is 7.75. The van der Waals surface area contributed by atoms with E-state index in [-0.39, 0.29) is 23.2 Å². The minimum Gasteiger partial charge on any atom is -0.495 e. The fourth-order valence-corrected chi connectivity index (χ4v) is 3.82. The number of amides is 2. The number of nitrogens with zero attached hydrogens (tertiary/aromatic N) is 3. The normalized spacial score (nSPS) is 17.3. The van der Waals surface area contributed by atoms with Gasteiger partial charge in [-0.15, -0.1) is 5.10 Å². The Morgan fingerprint density at radius 3 is 2.52 bits per heavy atom. The molecular weight excluding hydrogens is 423 g/mol. The Kier molecular flexibility index (Phi) is 6.91. The van der Waals surface area contributed by atoms with Gasteiger partial charge in [0.1, 0.15) is 11.0 Å². The minimum atomic E-state index is -0.727. The molecule has 2 amide bonds. The van der Waals surface area contributed by atoms with Crippen molar-refractivity contribution in [2.75, 3.05) is 19.1 Å². The number of carbonyl (C=O) groups excluding carboxylic acids is 2. The fourth-order valence-electron chi connectivity index (χ4n) is 3.01. The number of methoxy groups -OCH3 is 2. The second kappa shape index (κ2) is 9.61. The van der Waals surface area contributed by atoms with Crippen LogP contribution in [-0.4, -0.2) is 42.2 Å². The van der Waals surface area contributed by atoms with E-state index in [0.29, 0.717) is 22.7 Å². The summed E-state index contributed by atoms with van der Waals surface area (Å²) >= 11 is 0.951. The van der Waals surface area contributed by atoms with Crippen molar-refractivity contribution in [1.29, 1.82) is 0 Å². The summed E-state index contributed by atoms with van der Waals surface area (Å²) in [5.74, 6) is -0.737. The Morgan fingerprint density at radius 2 is 1.84 bits per heavy atom. The number of amidine groups is 1. The first-order valence-electron chi connectivity index (χ1n) is 9.23. The molecule has 0 aliphatic carbocycles. The summed E-state index contributed by atoms with van der Waals surface area (Å²) in [6, 6.07) is 11.2. The van der Waals surface area contributed by atoms with Gasteiger partial charge in [-0.2, -0.15) is 5.10 Å². The van der Waals surface area contributed by atoms with Gasteiger partial charge in [0.15, 0.2) is 16.7 Å². The van der Waals surface area contributed by atoms with Gasteiger partial charge in [0, 0.05) is 12.0 Å². The molecule has 8 nitrogen and oxygen atoms in total. The first-order valence-corrected chi connectivity index (χ1v) is 10.1. The molecule has 1 saturated heterocycles. The molecule has 1 aliphatic heterocycles. The lowest BCUT2D eigenvalue weighted by Crippen LogP contribution is -2.32. The number of anilines is 1. The first kappa shape index (κ1) is 22.3. The number of benzene rings is 2. The Balaban J connectivity index is 1.73. The molecule has 10 heteroatoms. The van der Waals surface area contributed by atoms with Gasteiger partial charge in [-0.25, -0.2) is 9.29 Å². The van der Waals surface area contributed by atoms with Crippen molar-refractivity contribution in [1.82, 2.24) is 0 Å². The van der Waals surface area contributed by atoms with Crippen LogP contribution in [0.25, 0.3) is 0 Å². The van der Waals surface area contributed by atoms with Gasteiger partial charge >= 0.3 is 0 Å². The van der Waals surface area contributed by atoms with Crippen LogP contribution < -0.4 is 20.1 Å². The molecule has 0 saturated carbocycles. The van der Waals surface area contributed by atoms with E-state index in [1.807, 2.05) is 0 Å². The molecular formula is C21H21FN4O4S.